The Morgan fingerprint density at radius 3 is 2.20 bits per heavy atom. The lowest BCUT2D eigenvalue weighted by atomic mass is 10.1. The van der Waals surface area contributed by atoms with E-state index >= 15 is 0 Å². The Balaban J connectivity index is 2.26. The van der Waals surface area contributed by atoms with Gasteiger partial charge >= 0.3 is 5.97 Å². The first-order chi connectivity index (χ1) is 9.59. The fraction of sp³-hybridized carbons (Fsp3) is 0.125. The van der Waals surface area contributed by atoms with Crippen LogP contribution in [-0.4, -0.2) is 11.8 Å². The van der Waals surface area contributed by atoms with Crippen molar-refractivity contribution in [3.05, 3.63) is 70.7 Å². The molecule has 102 valence electrons. The van der Waals surface area contributed by atoms with Gasteiger partial charge in [-0.1, -0.05) is 48.0 Å². The Bertz CT molecular complexity index is 623. The number of carbonyl (C=O) groups is 2. The van der Waals surface area contributed by atoms with Crippen molar-refractivity contribution < 1.29 is 14.3 Å². The van der Waals surface area contributed by atoms with E-state index in [4.69, 9.17) is 16.3 Å². The number of hydrogen-bond acceptors (Lipinski definition) is 3. The zero-order valence-corrected chi connectivity index (χ0v) is 11.6. The number of ether oxygens (including phenoxy) is 1. The van der Waals surface area contributed by atoms with Gasteiger partial charge in [-0.2, -0.15) is 0 Å². The maximum atomic E-state index is 12.0. The number of esters is 1. The highest BCUT2D eigenvalue weighted by molar-refractivity contribution is 6.31. The fourth-order valence-corrected chi connectivity index (χ4v) is 2.04. The van der Waals surface area contributed by atoms with E-state index in [1.807, 2.05) is 0 Å². The minimum atomic E-state index is -0.989. The van der Waals surface area contributed by atoms with E-state index in [1.165, 1.54) is 6.92 Å². The van der Waals surface area contributed by atoms with Crippen molar-refractivity contribution in [2.75, 3.05) is 0 Å². The second-order valence-electron chi connectivity index (χ2n) is 4.28. The van der Waals surface area contributed by atoms with Gasteiger partial charge in [0.15, 0.2) is 11.9 Å². The summed E-state index contributed by atoms with van der Waals surface area (Å²) in [5.41, 5.74) is 0.886. The van der Waals surface area contributed by atoms with Crippen molar-refractivity contribution >= 4 is 23.4 Å². The molecule has 0 saturated heterocycles. The van der Waals surface area contributed by atoms with Gasteiger partial charge in [-0.15, -0.1) is 0 Å². The van der Waals surface area contributed by atoms with Crippen LogP contribution in [0.3, 0.4) is 0 Å². The second kappa shape index (κ2) is 6.35. The van der Waals surface area contributed by atoms with Crippen LogP contribution in [0.1, 0.15) is 28.9 Å². The number of carbonyl (C=O) groups excluding carboxylic acids is 2. The molecular weight excluding hydrogens is 276 g/mol. The van der Waals surface area contributed by atoms with Crippen LogP contribution >= 0.6 is 11.6 Å². The molecule has 0 N–H and O–H groups in total. The number of halogens is 1. The second-order valence-corrected chi connectivity index (χ2v) is 4.69. The SMILES string of the molecule is CC(=O)C(OC(=O)c1ccccc1)c1ccccc1Cl. The molecule has 20 heavy (non-hydrogen) atoms. The van der Waals surface area contributed by atoms with Gasteiger partial charge in [0.25, 0.3) is 0 Å². The summed E-state index contributed by atoms with van der Waals surface area (Å²) in [7, 11) is 0. The van der Waals surface area contributed by atoms with Gasteiger partial charge in [0, 0.05) is 10.6 Å². The lowest BCUT2D eigenvalue weighted by molar-refractivity contribution is -0.125. The molecule has 0 aliphatic carbocycles. The summed E-state index contributed by atoms with van der Waals surface area (Å²) >= 11 is 6.05. The van der Waals surface area contributed by atoms with Crippen LogP contribution in [0.2, 0.25) is 5.02 Å². The van der Waals surface area contributed by atoms with Crippen LogP contribution in [0.15, 0.2) is 54.6 Å². The first kappa shape index (κ1) is 14.3. The third-order valence-electron chi connectivity index (χ3n) is 2.79. The van der Waals surface area contributed by atoms with Gasteiger partial charge < -0.3 is 4.74 Å². The van der Waals surface area contributed by atoms with E-state index in [9.17, 15) is 9.59 Å². The largest absolute Gasteiger partial charge is 0.446 e. The zero-order valence-electron chi connectivity index (χ0n) is 10.9. The molecule has 2 rings (SSSR count). The Morgan fingerprint density at radius 2 is 1.60 bits per heavy atom. The molecule has 0 bridgehead atoms. The molecule has 2 aromatic rings. The quantitative estimate of drug-likeness (QED) is 0.803. The van der Waals surface area contributed by atoms with Gasteiger partial charge in [-0.3, -0.25) is 4.79 Å². The van der Waals surface area contributed by atoms with Crippen LogP contribution in [0.4, 0.5) is 0 Å². The number of Topliss-reactive ketones (excluding diaryl/α,β-unsaturated/α-hetero) is 1. The predicted molar refractivity (Wildman–Crippen MR) is 76.7 cm³/mol. The van der Waals surface area contributed by atoms with Crippen molar-refractivity contribution in [2.24, 2.45) is 0 Å². The molecule has 0 aliphatic rings. The molecule has 0 aromatic heterocycles. The van der Waals surface area contributed by atoms with E-state index in [2.05, 4.69) is 0 Å². The summed E-state index contributed by atoms with van der Waals surface area (Å²) in [4.78, 5) is 23.8. The summed E-state index contributed by atoms with van der Waals surface area (Å²) in [6.07, 6.45) is -0.989. The lowest BCUT2D eigenvalue weighted by Crippen LogP contribution is -2.18. The summed E-state index contributed by atoms with van der Waals surface area (Å²) in [6.45, 7) is 1.37. The molecule has 4 heteroatoms. The number of benzene rings is 2. The minimum absolute atomic E-state index is 0.276. The number of rotatable bonds is 4. The highest BCUT2D eigenvalue weighted by Crippen LogP contribution is 2.27. The maximum absolute atomic E-state index is 12.0. The molecule has 0 amide bonds. The first-order valence-corrected chi connectivity index (χ1v) is 6.48. The summed E-state index contributed by atoms with van der Waals surface area (Å²) in [5.74, 6) is -0.826. The molecule has 1 unspecified atom stereocenters. The highest BCUT2D eigenvalue weighted by Gasteiger charge is 2.24. The van der Waals surface area contributed by atoms with Gasteiger partial charge in [-0.05, 0) is 25.1 Å². The molecule has 2 aromatic carbocycles. The van der Waals surface area contributed by atoms with Gasteiger partial charge in [0.1, 0.15) is 0 Å². The Morgan fingerprint density at radius 1 is 1.00 bits per heavy atom. The Kier molecular flexibility index (Phi) is 4.53. The van der Waals surface area contributed by atoms with Crippen molar-refractivity contribution in [1.29, 1.82) is 0 Å². The highest BCUT2D eigenvalue weighted by atomic mass is 35.5. The van der Waals surface area contributed by atoms with E-state index in [1.54, 1.807) is 54.6 Å². The lowest BCUT2D eigenvalue weighted by Gasteiger charge is -2.16. The topological polar surface area (TPSA) is 43.4 Å². The van der Waals surface area contributed by atoms with E-state index in [0.29, 0.717) is 16.1 Å². The van der Waals surface area contributed by atoms with Crippen molar-refractivity contribution in [1.82, 2.24) is 0 Å². The van der Waals surface area contributed by atoms with Crippen LogP contribution in [-0.2, 0) is 9.53 Å². The Hall–Kier alpha value is -2.13. The van der Waals surface area contributed by atoms with Crippen LogP contribution < -0.4 is 0 Å². The smallest absolute Gasteiger partial charge is 0.339 e. The third-order valence-corrected chi connectivity index (χ3v) is 3.14. The van der Waals surface area contributed by atoms with Crippen LogP contribution in [0.25, 0.3) is 0 Å². The van der Waals surface area contributed by atoms with Crippen molar-refractivity contribution in [3.8, 4) is 0 Å². The predicted octanol–water partition coefficient (Wildman–Crippen LogP) is 3.83. The molecule has 1 atom stereocenters. The monoisotopic (exact) mass is 288 g/mol. The van der Waals surface area contributed by atoms with Crippen molar-refractivity contribution in [3.63, 3.8) is 0 Å². The van der Waals surface area contributed by atoms with Gasteiger partial charge in [0.05, 0.1) is 5.56 Å². The van der Waals surface area contributed by atoms with E-state index in [0.717, 1.165) is 0 Å². The van der Waals surface area contributed by atoms with Gasteiger partial charge in [0.2, 0.25) is 0 Å². The standard InChI is InChI=1S/C16H13ClO3/c1-11(18)15(13-9-5-6-10-14(13)17)20-16(19)12-7-3-2-4-8-12/h2-10,15H,1H3. The summed E-state index contributed by atoms with van der Waals surface area (Å²) in [5, 5.41) is 0.397. The first-order valence-electron chi connectivity index (χ1n) is 6.10. The van der Waals surface area contributed by atoms with Gasteiger partial charge in [-0.25, -0.2) is 4.79 Å². The van der Waals surface area contributed by atoms with E-state index < -0.39 is 12.1 Å². The molecule has 0 radical (unpaired) electrons. The zero-order chi connectivity index (χ0) is 14.5. The summed E-state index contributed by atoms with van der Waals surface area (Å²) in [6, 6.07) is 15.3. The van der Waals surface area contributed by atoms with Crippen LogP contribution in [0, 0.1) is 0 Å². The molecule has 3 nitrogen and oxygen atoms in total. The average molecular weight is 289 g/mol. The Labute approximate surface area is 122 Å². The fourth-order valence-electron chi connectivity index (χ4n) is 1.80. The molecule has 0 aliphatic heterocycles. The van der Waals surface area contributed by atoms with E-state index in [-0.39, 0.29) is 5.78 Å². The molecular formula is C16H13ClO3. The number of hydrogen-bond donors (Lipinski definition) is 0. The summed E-state index contributed by atoms with van der Waals surface area (Å²) < 4.78 is 5.29. The molecule has 0 fully saturated rings. The molecule has 0 saturated carbocycles. The minimum Gasteiger partial charge on any atom is -0.446 e. The molecule has 0 spiro atoms. The maximum Gasteiger partial charge on any atom is 0.339 e. The number of ketones is 1. The third kappa shape index (κ3) is 3.25. The average Bonchev–Trinajstić information content (AvgIpc) is 2.46. The van der Waals surface area contributed by atoms with Crippen molar-refractivity contribution in [2.45, 2.75) is 13.0 Å². The van der Waals surface area contributed by atoms with Crippen LogP contribution in [0.5, 0.6) is 0 Å². The molecule has 0 heterocycles. The normalized spacial score (nSPS) is 11.7.